The van der Waals surface area contributed by atoms with Crippen LogP contribution in [0.15, 0.2) is 65.6 Å². The van der Waals surface area contributed by atoms with Crippen LogP contribution in [-0.4, -0.2) is 20.6 Å². The highest BCUT2D eigenvalue weighted by Crippen LogP contribution is 2.16. The highest BCUT2D eigenvalue weighted by molar-refractivity contribution is 7.90. The van der Waals surface area contributed by atoms with Crippen molar-refractivity contribution in [2.75, 3.05) is 6.26 Å². The number of benzene rings is 2. The Morgan fingerprint density at radius 2 is 1.65 bits per heavy atom. The van der Waals surface area contributed by atoms with E-state index in [1.165, 1.54) is 12.3 Å². The molecule has 1 amide bonds. The summed E-state index contributed by atoms with van der Waals surface area (Å²) < 4.78 is 22.9. The van der Waals surface area contributed by atoms with E-state index >= 15 is 0 Å². The molecule has 0 aliphatic rings. The van der Waals surface area contributed by atoms with Gasteiger partial charge in [-0.15, -0.1) is 0 Å². The molecule has 23 heavy (non-hydrogen) atoms. The van der Waals surface area contributed by atoms with Crippen LogP contribution >= 0.6 is 0 Å². The Labute approximate surface area is 136 Å². The molecule has 1 N–H and O–H groups in total. The molecule has 1 atom stereocenters. The summed E-state index contributed by atoms with van der Waals surface area (Å²) in [5, 5.41) is 2.85. The van der Waals surface area contributed by atoms with Crippen molar-refractivity contribution < 1.29 is 13.2 Å². The van der Waals surface area contributed by atoms with Gasteiger partial charge in [0.25, 0.3) is 0 Å². The Morgan fingerprint density at radius 3 is 2.22 bits per heavy atom. The van der Waals surface area contributed by atoms with Crippen molar-refractivity contribution in [2.45, 2.75) is 17.9 Å². The molecule has 0 saturated heterocycles. The summed E-state index contributed by atoms with van der Waals surface area (Å²) in [7, 11) is -3.21. The van der Waals surface area contributed by atoms with Crippen molar-refractivity contribution in [3.8, 4) is 0 Å². The SMILES string of the molecule is CC(NC(=O)/C=C/c1ccccc1)c1ccc(S(C)(=O)=O)cc1. The molecule has 4 nitrogen and oxygen atoms in total. The Morgan fingerprint density at radius 1 is 1.04 bits per heavy atom. The normalized spacial score (nSPS) is 13.0. The molecule has 5 heteroatoms. The van der Waals surface area contributed by atoms with Crippen molar-refractivity contribution in [1.29, 1.82) is 0 Å². The zero-order valence-electron chi connectivity index (χ0n) is 13.1. The largest absolute Gasteiger partial charge is 0.346 e. The number of nitrogens with one attached hydrogen (secondary N) is 1. The van der Waals surface area contributed by atoms with Gasteiger partial charge >= 0.3 is 0 Å². The van der Waals surface area contributed by atoms with Crippen LogP contribution in [0, 0.1) is 0 Å². The van der Waals surface area contributed by atoms with Crippen LogP contribution in [0.5, 0.6) is 0 Å². The van der Waals surface area contributed by atoms with Crippen LogP contribution in [0.2, 0.25) is 0 Å². The molecule has 0 radical (unpaired) electrons. The fourth-order valence-electron chi connectivity index (χ4n) is 2.08. The molecule has 0 aromatic heterocycles. The lowest BCUT2D eigenvalue weighted by molar-refractivity contribution is -0.117. The molecular weight excluding hydrogens is 310 g/mol. The number of sulfone groups is 1. The summed E-state index contributed by atoms with van der Waals surface area (Å²) in [5.74, 6) is -0.200. The van der Waals surface area contributed by atoms with Crippen molar-refractivity contribution in [3.63, 3.8) is 0 Å². The Bertz CT molecular complexity index is 794. The summed E-state index contributed by atoms with van der Waals surface area (Å²) >= 11 is 0. The minimum atomic E-state index is -3.21. The second kappa shape index (κ2) is 7.24. The zero-order valence-corrected chi connectivity index (χ0v) is 13.9. The molecule has 0 saturated carbocycles. The molecule has 0 fully saturated rings. The second-order valence-corrected chi connectivity index (χ2v) is 7.33. The fraction of sp³-hybridized carbons (Fsp3) is 0.167. The van der Waals surface area contributed by atoms with E-state index in [2.05, 4.69) is 5.32 Å². The van der Waals surface area contributed by atoms with Gasteiger partial charge in [0, 0.05) is 12.3 Å². The Hall–Kier alpha value is -2.40. The van der Waals surface area contributed by atoms with Gasteiger partial charge in [-0.05, 0) is 36.3 Å². The van der Waals surface area contributed by atoms with Gasteiger partial charge in [0.1, 0.15) is 0 Å². The molecule has 0 bridgehead atoms. The quantitative estimate of drug-likeness (QED) is 0.858. The number of amides is 1. The molecule has 120 valence electrons. The van der Waals surface area contributed by atoms with Crippen LogP contribution in [0.25, 0.3) is 6.08 Å². The van der Waals surface area contributed by atoms with Crippen LogP contribution in [0.3, 0.4) is 0 Å². The maximum atomic E-state index is 11.9. The third-order valence-electron chi connectivity index (χ3n) is 3.39. The molecule has 2 aromatic rings. The smallest absolute Gasteiger partial charge is 0.244 e. The average molecular weight is 329 g/mol. The first-order valence-corrected chi connectivity index (χ1v) is 9.09. The van der Waals surface area contributed by atoms with E-state index in [-0.39, 0.29) is 16.8 Å². The molecule has 2 rings (SSSR count). The van der Waals surface area contributed by atoms with Gasteiger partial charge in [0.2, 0.25) is 5.91 Å². The van der Waals surface area contributed by atoms with Crippen LogP contribution < -0.4 is 5.32 Å². The maximum Gasteiger partial charge on any atom is 0.244 e. The van der Waals surface area contributed by atoms with E-state index in [9.17, 15) is 13.2 Å². The van der Waals surface area contributed by atoms with Crippen molar-refractivity contribution >= 4 is 21.8 Å². The highest BCUT2D eigenvalue weighted by atomic mass is 32.2. The van der Waals surface area contributed by atoms with Gasteiger partial charge in [0.15, 0.2) is 9.84 Å². The van der Waals surface area contributed by atoms with E-state index in [1.54, 1.807) is 30.3 Å². The van der Waals surface area contributed by atoms with Crippen LogP contribution in [0.4, 0.5) is 0 Å². The molecule has 0 heterocycles. The molecule has 1 unspecified atom stereocenters. The van der Waals surface area contributed by atoms with E-state index in [0.717, 1.165) is 11.1 Å². The third-order valence-corrected chi connectivity index (χ3v) is 4.52. The number of carbonyl (C=O) groups excluding carboxylic acids is 1. The first-order chi connectivity index (χ1) is 10.9. The van der Waals surface area contributed by atoms with Crippen molar-refractivity contribution in [2.24, 2.45) is 0 Å². The van der Waals surface area contributed by atoms with Gasteiger partial charge in [-0.2, -0.15) is 0 Å². The minimum Gasteiger partial charge on any atom is -0.346 e. The summed E-state index contributed by atoms with van der Waals surface area (Å²) in [4.78, 5) is 12.2. The first-order valence-electron chi connectivity index (χ1n) is 7.20. The minimum absolute atomic E-state index is 0.200. The maximum absolute atomic E-state index is 11.9. The molecular formula is C18H19NO3S. The first kappa shape index (κ1) is 17.0. The number of hydrogen-bond acceptors (Lipinski definition) is 3. The van der Waals surface area contributed by atoms with E-state index in [1.807, 2.05) is 37.3 Å². The average Bonchev–Trinajstić information content (AvgIpc) is 2.53. The van der Waals surface area contributed by atoms with E-state index < -0.39 is 9.84 Å². The predicted octanol–water partition coefficient (Wildman–Crippen LogP) is 2.98. The third kappa shape index (κ3) is 5.07. The molecule has 0 spiro atoms. The van der Waals surface area contributed by atoms with Gasteiger partial charge in [-0.3, -0.25) is 4.79 Å². The van der Waals surface area contributed by atoms with Crippen LogP contribution in [0.1, 0.15) is 24.1 Å². The zero-order chi connectivity index (χ0) is 16.9. The Balaban J connectivity index is 2.00. The van der Waals surface area contributed by atoms with E-state index in [0.29, 0.717) is 0 Å². The lowest BCUT2D eigenvalue weighted by atomic mass is 10.1. The predicted molar refractivity (Wildman–Crippen MR) is 91.6 cm³/mol. The lowest BCUT2D eigenvalue weighted by Gasteiger charge is -2.13. The second-order valence-electron chi connectivity index (χ2n) is 5.32. The summed E-state index contributed by atoms with van der Waals surface area (Å²) in [6.45, 7) is 1.85. The summed E-state index contributed by atoms with van der Waals surface area (Å²) in [6, 6.07) is 15.9. The van der Waals surface area contributed by atoms with Gasteiger partial charge in [-0.25, -0.2) is 8.42 Å². The molecule has 2 aromatic carbocycles. The standard InChI is InChI=1S/C18H19NO3S/c1-14(16-9-11-17(12-10-16)23(2,21)22)19-18(20)13-8-15-6-4-3-5-7-15/h3-14H,1-2H3,(H,19,20)/b13-8+. The van der Waals surface area contributed by atoms with Gasteiger partial charge < -0.3 is 5.32 Å². The monoisotopic (exact) mass is 329 g/mol. The highest BCUT2D eigenvalue weighted by Gasteiger charge is 2.10. The lowest BCUT2D eigenvalue weighted by Crippen LogP contribution is -2.24. The summed E-state index contributed by atoms with van der Waals surface area (Å²) in [6.07, 6.45) is 4.40. The van der Waals surface area contributed by atoms with Crippen LogP contribution in [-0.2, 0) is 14.6 Å². The molecule has 0 aliphatic heterocycles. The van der Waals surface area contributed by atoms with Gasteiger partial charge in [0.05, 0.1) is 10.9 Å². The summed E-state index contributed by atoms with van der Waals surface area (Å²) in [5.41, 5.74) is 1.80. The Kier molecular flexibility index (Phi) is 5.34. The number of hydrogen-bond donors (Lipinski definition) is 1. The van der Waals surface area contributed by atoms with Crippen molar-refractivity contribution in [3.05, 3.63) is 71.8 Å². The number of carbonyl (C=O) groups is 1. The fourth-order valence-corrected chi connectivity index (χ4v) is 2.72. The van der Waals surface area contributed by atoms with E-state index in [4.69, 9.17) is 0 Å². The number of rotatable bonds is 5. The van der Waals surface area contributed by atoms with Crippen molar-refractivity contribution in [1.82, 2.24) is 5.32 Å². The topological polar surface area (TPSA) is 63.2 Å². The molecule has 0 aliphatic carbocycles. The van der Waals surface area contributed by atoms with Gasteiger partial charge in [-0.1, -0.05) is 42.5 Å².